The Morgan fingerprint density at radius 1 is 1.24 bits per heavy atom. The second-order valence-corrected chi connectivity index (χ2v) is 6.96. The molecule has 0 fully saturated rings. The van der Waals surface area contributed by atoms with Crippen LogP contribution in [-0.4, -0.2) is 9.55 Å². The Morgan fingerprint density at radius 3 is 2.52 bits per heavy atom. The van der Waals surface area contributed by atoms with Gasteiger partial charge in [-0.3, -0.25) is 4.57 Å². The quantitative estimate of drug-likeness (QED) is 0.372. The van der Waals surface area contributed by atoms with Gasteiger partial charge in [0.15, 0.2) is 0 Å². The molecule has 0 saturated carbocycles. The fourth-order valence-electron chi connectivity index (χ4n) is 2.22. The molecule has 0 amide bonds. The molecule has 0 bridgehead atoms. The molecule has 2 aromatic carbocycles. The van der Waals surface area contributed by atoms with Crippen LogP contribution in [0.15, 0.2) is 36.4 Å². The second kappa shape index (κ2) is 5.74. The number of halogens is 4. The molecule has 6 heteroatoms. The predicted octanol–water partition coefficient (Wildman–Crippen LogP) is 5.72. The maximum absolute atomic E-state index is 13.6. The first-order chi connectivity index (χ1) is 9.97. The molecule has 0 N–H and O–H groups in total. The average Bonchev–Trinajstić information content (AvgIpc) is 2.79. The number of aromatic nitrogens is 2. The third-order valence-electron chi connectivity index (χ3n) is 3.16. The summed E-state index contributed by atoms with van der Waals surface area (Å²) in [7, 11) is 0. The van der Waals surface area contributed by atoms with Crippen LogP contribution in [-0.2, 0) is 0 Å². The van der Waals surface area contributed by atoms with E-state index < -0.39 is 5.82 Å². The highest BCUT2D eigenvalue weighted by Gasteiger charge is 2.18. The molecule has 108 valence electrons. The first kappa shape index (κ1) is 15.1. The van der Waals surface area contributed by atoms with Gasteiger partial charge in [-0.15, -0.1) is 11.6 Å². The molecule has 1 heterocycles. The summed E-state index contributed by atoms with van der Waals surface area (Å²) in [6, 6.07) is 10.9. The third kappa shape index (κ3) is 2.76. The minimum atomic E-state index is -0.481. The normalized spacial score (nSPS) is 12.8. The third-order valence-corrected chi connectivity index (χ3v) is 4.37. The maximum atomic E-state index is 13.6. The highest BCUT2D eigenvalue weighted by atomic mass is 127. The van der Waals surface area contributed by atoms with Gasteiger partial charge in [0.1, 0.15) is 11.6 Å². The largest absolute Gasteiger partial charge is 0.295 e. The number of benzene rings is 2. The Balaban J connectivity index is 2.35. The zero-order chi connectivity index (χ0) is 15.1. The van der Waals surface area contributed by atoms with E-state index in [-0.39, 0.29) is 10.4 Å². The number of alkyl halides is 1. The van der Waals surface area contributed by atoms with Gasteiger partial charge in [0, 0.05) is 15.3 Å². The van der Waals surface area contributed by atoms with E-state index in [2.05, 4.69) is 27.6 Å². The molecule has 0 aliphatic rings. The van der Waals surface area contributed by atoms with E-state index in [9.17, 15) is 4.39 Å². The molecule has 1 aromatic heterocycles. The zero-order valence-electron chi connectivity index (χ0n) is 10.9. The van der Waals surface area contributed by atoms with Crippen LogP contribution in [0.25, 0.3) is 16.7 Å². The summed E-state index contributed by atoms with van der Waals surface area (Å²) in [6.07, 6.45) is 0. The number of fused-ring (bicyclic) bond motifs is 1. The number of hydrogen-bond donors (Lipinski definition) is 0. The van der Waals surface area contributed by atoms with E-state index in [1.807, 2.05) is 35.8 Å². The lowest BCUT2D eigenvalue weighted by atomic mass is 10.2. The van der Waals surface area contributed by atoms with Crippen LogP contribution in [0.3, 0.4) is 0 Å². The zero-order valence-corrected chi connectivity index (χ0v) is 14.6. The van der Waals surface area contributed by atoms with E-state index in [0.29, 0.717) is 11.3 Å². The molecule has 0 aliphatic carbocycles. The van der Waals surface area contributed by atoms with E-state index in [1.165, 1.54) is 6.07 Å². The number of hydrogen-bond acceptors (Lipinski definition) is 1. The molecule has 2 nitrogen and oxygen atoms in total. The van der Waals surface area contributed by atoms with Gasteiger partial charge in [0.25, 0.3) is 0 Å². The Morgan fingerprint density at radius 2 is 1.90 bits per heavy atom. The van der Waals surface area contributed by atoms with Crippen molar-refractivity contribution < 1.29 is 4.39 Å². The van der Waals surface area contributed by atoms with Gasteiger partial charge in [0.05, 0.1) is 21.4 Å². The summed E-state index contributed by atoms with van der Waals surface area (Å²) in [4.78, 5) is 4.44. The van der Waals surface area contributed by atoms with Crippen LogP contribution in [0.2, 0.25) is 5.02 Å². The molecule has 3 aromatic rings. The van der Waals surface area contributed by atoms with Gasteiger partial charge >= 0.3 is 0 Å². The highest BCUT2D eigenvalue weighted by molar-refractivity contribution is 14.1. The van der Waals surface area contributed by atoms with Crippen molar-refractivity contribution >= 4 is 56.8 Å². The minimum absolute atomic E-state index is 0.0722. The number of imidazole rings is 1. The van der Waals surface area contributed by atoms with Crippen molar-refractivity contribution in [3.05, 3.63) is 56.6 Å². The summed E-state index contributed by atoms with van der Waals surface area (Å²) < 4.78 is 16.7. The van der Waals surface area contributed by atoms with Crippen LogP contribution in [0.1, 0.15) is 18.1 Å². The first-order valence-electron chi connectivity index (χ1n) is 6.25. The molecule has 0 saturated heterocycles. The standard InChI is InChI=1S/C15H10Cl2FIN2/c1-8(16)15-20-13-7-12(18)11(17)6-14(13)21(15)10-4-2-9(19)3-5-10/h2-8H,1H3. The fraction of sp³-hybridized carbons (Fsp3) is 0.133. The Bertz CT molecular complexity index is 813. The van der Waals surface area contributed by atoms with E-state index in [1.54, 1.807) is 6.07 Å². The molecule has 3 rings (SSSR count). The van der Waals surface area contributed by atoms with Gasteiger partial charge in [-0.2, -0.15) is 0 Å². The van der Waals surface area contributed by atoms with Gasteiger partial charge in [-0.05, 0) is 59.8 Å². The SMILES string of the molecule is CC(Cl)c1nc2cc(F)c(Cl)cc2n1-c1ccc(I)cc1. The molecule has 21 heavy (non-hydrogen) atoms. The van der Waals surface area contributed by atoms with E-state index in [0.717, 1.165) is 14.8 Å². The van der Waals surface area contributed by atoms with Crippen molar-refractivity contribution in [2.45, 2.75) is 12.3 Å². The Hall–Kier alpha value is -0.850. The Kier molecular flexibility index (Phi) is 4.12. The monoisotopic (exact) mass is 434 g/mol. The van der Waals surface area contributed by atoms with E-state index >= 15 is 0 Å². The predicted molar refractivity (Wildman–Crippen MR) is 93.0 cm³/mol. The molecule has 0 aliphatic heterocycles. The van der Waals surface area contributed by atoms with Crippen LogP contribution in [0.4, 0.5) is 4.39 Å². The van der Waals surface area contributed by atoms with Crippen molar-refractivity contribution in [3.63, 3.8) is 0 Å². The summed E-state index contributed by atoms with van der Waals surface area (Å²) in [6.45, 7) is 1.84. The van der Waals surface area contributed by atoms with Gasteiger partial charge in [-0.1, -0.05) is 11.6 Å². The topological polar surface area (TPSA) is 17.8 Å². The van der Waals surface area contributed by atoms with Crippen molar-refractivity contribution in [2.75, 3.05) is 0 Å². The van der Waals surface area contributed by atoms with Crippen molar-refractivity contribution in [2.24, 2.45) is 0 Å². The van der Waals surface area contributed by atoms with Crippen LogP contribution in [0, 0.1) is 9.39 Å². The summed E-state index contributed by atoms with van der Waals surface area (Å²) >= 11 is 14.4. The smallest absolute Gasteiger partial charge is 0.144 e. The van der Waals surface area contributed by atoms with Gasteiger partial charge in [0.2, 0.25) is 0 Å². The maximum Gasteiger partial charge on any atom is 0.144 e. The van der Waals surface area contributed by atoms with Crippen molar-refractivity contribution in [1.82, 2.24) is 9.55 Å². The van der Waals surface area contributed by atoms with Gasteiger partial charge in [-0.25, -0.2) is 9.37 Å². The molecule has 0 radical (unpaired) electrons. The second-order valence-electron chi connectivity index (χ2n) is 4.65. The average molecular weight is 435 g/mol. The number of rotatable bonds is 2. The lowest BCUT2D eigenvalue weighted by Crippen LogP contribution is -2.01. The molecule has 0 spiro atoms. The summed E-state index contributed by atoms with van der Waals surface area (Å²) in [5.74, 6) is 0.180. The molecular formula is C15H10Cl2FIN2. The summed E-state index contributed by atoms with van der Waals surface area (Å²) in [5.41, 5.74) is 2.20. The van der Waals surface area contributed by atoms with Crippen molar-refractivity contribution in [1.29, 1.82) is 0 Å². The summed E-state index contributed by atoms with van der Waals surface area (Å²) in [5, 5.41) is -0.235. The fourth-order valence-corrected chi connectivity index (χ4v) is 2.88. The molecule has 1 atom stereocenters. The van der Waals surface area contributed by atoms with E-state index in [4.69, 9.17) is 23.2 Å². The lowest BCUT2D eigenvalue weighted by Gasteiger charge is -2.11. The lowest BCUT2D eigenvalue weighted by molar-refractivity contribution is 0.630. The molecular weight excluding hydrogens is 425 g/mol. The first-order valence-corrected chi connectivity index (χ1v) is 8.14. The van der Waals surface area contributed by atoms with Crippen LogP contribution >= 0.6 is 45.8 Å². The van der Waals surface area contributed by atoms with Crippen LogP contribution in [0.5, 0.6) is 0 Å². The highest BCUT2D eigenvalue weighted by Crippen LogP contribution is 2.31. The number of nitrogens with zero attached hydrogens (tertiary/aromatic N) is 2. The van der Waals surface area contributed by atoms with Gasteiger partial charge < -0.3 is 0 Å². The minimum Gasteiger partial charge on any atom is -0.295 e. The van der Waals surface area contributed by atoms with Crippen LogP contribution < -0.4 is 0 Å². The molecule has 1 unspecified atom stereocenters. The Labute approximate surface area is 145 Å². The van der Waals surface area contributed by atoms with Crippen molar-refractivity contribution in [3.8, 4) is 5.69 Å².